The molecule has 0 aliphatic heterocycles. The minimum Gasteiger partial charge on any atom is -0.329 e. The van der Waals surface area contributed by atoms with Crippen molar-refractivity contribution in [3.8, 4) is 0 Å². The second kappa shape index (κ2) is 4.23. The van der Waals surface area contributed by atoms with E-state index in [-0.39, 0.29) is 0 Å². The molecule has 2 aromatic heterocycles. The Labute approximate surface area is 88.8 Å². The highest BCUT2D eigenvalue weighted by molar-refractivity contribution is 5.14. The lowest BCUT2D eigenvalue weighted by Crippen LogP contribution is -2.04. The van der Waals surface area contributed by atoms with Gasteiger partial charge in [-0.2, -0.15) is 0 Å². The van der Waals surface area contributed by atoms with Crippen molar-refractivity contribution in [3.05, 3.63) is 47.8 Å². The number of nitrogens with zero attached hydrogens (tertiary/aromatic N) is 3. The zero-order chi connectivity index (χ0) is 10.7. The third kappa shape index (κ3) is 2.22. The predicted octanol–water partition coefficient (Wildman–Crippen LogP) is 1.09. The Balaban J connectivity index is 2.14. The average molecular weight is 202 g/mol. The van der Waals surface area contributed by atoms with E-state index in [1.165, 1.54) is 0 Å². The fourth-order valence-electron chi connectivity index (χ4n) is 1.41. The van der Waals surface area contributed by atoms with Gasteiger partial charge in [-0.15, -0.1) is 0 Å². The van der Waals surface area contributed by atoms with Gasteiger partial charge in [0.2, 0.25) is 0 Å². The molecule has 0 aromatic carbocycles. The van der Waals surface area contributed by atoms with Gasteiger partial charge in [0.1, 0.15) is 5.82 Å². The van der Waals surface area contributed by atoms with Crippen molar-refractivity contribution in [1.82, 2.24) is 14.5 Å². The summed E-state index contributed by atoms with van der Waals surface area (Å²) in [6.45, 7) is 3.28. The van der Waals surface area contributed by atoms with E-state index in [4.69, 9.17) is 5.73 Å². The van der Waals surface area contributed by atoms with Crippen LogP contribution in [0.4, 0.5) is 0 Å². The molecule has 0 aliphatic carbocycles. The van der Waals surface area contributed by atoms with Crippen LogP contribution in [0.3, 0.4) is 0 Å². The van der Waals surface area contributed by atoms with Crippen LogP contribution in [0.5, 0.6) is 0 Å². The number of pyridine rings is 1. The third-order valence-electron chi connectivity index (χ3n) is 2.38. The number of imidazole rings is 1. The summed E-state index contributed by atoms with van der Waals surface area (Å²) in [5, 5.41) is 0. The van der Waals surface area contributed by atoms with Crippen LogP contribution in [0.25, 0.3) is 0 Å². The lowest BCUT2D eigenvalue weighted by molar-refractivity contribution is 0.740. The summed E-state index contributed by atoms with van der Waals surface area (Å²) < 4.78 is 2.06. The summed E-state index contributed by atoms with van der Waals surface area (Å²) in [5.41, 5.74) is 7.58. The van der Waals surface area contributed by atoms with Gasteiger partial charge in [0.05, 0.1) is 12.2 Å². The van der Waals surface area contributed by atoms with Crippen LogP contribution in [0, 0.1) is 6.92 Å². The Bertz CT molecular complexity index is 430. The largest absolute Gasteiger partial charge is 0.329 e. The molecule has 0 saturated heterocycles. The van der Waals surface area contributed by atoms with Gasteiger partial charge in [-0.1, -0.05) is 6.07 Å². The summed E-state index contributed by atoms with van der Waals surface area (Å²) in [7, 11) is 0. The molecular formula is C11H14N4. The van der Waals surface area contributed by atoms with E-state index in [9.17, 15) is 0 Å². The van der Waals surface area contributed by atoms with Gasteiger partial charge in [0, 0.05) is 25.1 Å². The quantitative estimate of drug-likeness (QED) is 0.810. The maximum atomic E-state index is 5.50. The number of aryl methyl sites for hydroxylation is 1. The first-order chi connectivity index (χ1) is 7.29. The lowest BCUT2D eigenvalue weighted by Gasteiger charge is -2.04. The molecule has 0 atom stereocenters. The van der Waals surface area contributed by atoms with Crippen LogP contribution in [-0.4, -0.2) is 14.5 Å². The maximum Gasteiger partial charge on any atom is 0.105 e. The maximum absolute atomic E-state index is 5.50. The lowest BCUT2D eigenvalue weighted by atomic mass is 10.2. The van der Waals surface area contributed by atoms with Crippen LogP contribution < -0.4 is 5.73 Å². The van der Waals surface area contributed by atoms with Crippen LogP contribution in [0.15, 0.2) is 30.7 Å². The first kappa shape index (κ1) is 9.86. The zero-order valence-electron chi connectivity index (χ0n) is 8.72. The highest BCUT2D eigenvalue weighted by Gasteiger charge is 1.99. The molecule has 0 unspecified atom stereocenters. The molecule has 0 amide bonds. The normalized spacial score (nSPS) is 10.5. The van der Waals surface area contributed by atoms with Crippen LogP contribution in [0.2, 0.25) is 0 Å². The molecule has 0 saturated carbocycles. The molecule has 0 radical (unpaired) electrons. The standard InChI is InChI=1S/C11H14N4/c1-9-13-4-5-15(9)8-11-3-2-10(6-12)7-14-11/h2-5,7H,6,8,12H2,1H3. The SMILES string of the molecule is Cc1nccn1Cc1ccc(CN)cn1. The number of hydrogen-bond acceptors (Lipinski definition) is 3. The topological polar surface area (TPSA) is 56.7 Å². The van der Waals surface area contributed by atoms with E-state index >= 15 is 0 Å². The monoisotopic (exact) mass is 202 g/mol. The van der Waals surface area contributed by atoms with Gasteiger partial charge < -0.3 is 10.3 Å². The molecule has 2 rings (SSSR count). The molecular weight excluding hydrogens is 188 g/mol. The van der Waals surface area contributed by atoms with Crippen LogP contribution in [-0.2, 0) is 13.1 Å². The van der Waals surface area contributed by atoms with Gasteiger partial charge in [-0.05, 0) is 18.6 Å². The molecule has 0 aliphatic rings. The molecule has 0 fully saturated rings. The zero-order valence-corrected chi connectivity index (χ0v) is 8.72. The van der Waals surface area contributed by atoms with E-state index < -0.39 is 0 Å². The highest BCUT2D eigenvalue weighted by Crippen LogP contribution is 2.03. The molecule has 2 N–H and O–H groups in total. The predicted molar refractivity (Wildman–Crippen MR) is 58.2 cm³/mol. The van der Waals surface area contributed by atoms with Crippen molar-refractivity contribution in [2.24, 2.45) is 5.73 Å². The van der Waals surface area contributed by atoms with Gasteiger partial charge in [0.25, 0.3) is 0 Å². The minimum absolute atomic E-state index is 0.539. The number of rotatable bonds is 3. The number of aromatic nitrogens is 3. The van der Waals surface area contributed by atoms with E-state index in [2.05, 4.69) is 14.5 Å². The Morgan fingerprint density at radius 1 is 1.33 bits per heavy atom. The summed E-state index contributed by atoms with van der Waals surface area (Å²) in [6, 6.07) is 4.01. The van der Waals surface area contributed by atoms with E-state index in [0.29, 0.717) is 6.54 Å². The molecule has 0 bridgehead atoms. The van der Waals surface area contributed by atoms with E-state index in [1.54, 1.807) is 6.20 Å². The van der Waals surface area contributed by atoms with Crippen molar-refractivity contribution < 1.29 is 0 Å². The summed E-state index contributed by atoms with van der Waals surface area (Å²) in [4.78, 5) is 8.50. The number of hydrogen-bond donors (Lipinski definition) is 1. The van der Waals surface area contributed by atoms with Crippen LogP contribution >= 0.6 is 0 Å². The third-order valence-corrected chi connectivity index (χ3v) is 2.38. The van der Waals surface area contributed by atoms with Crippen LogP contribution in [0.1, 0.15) is 17.1 Å². The van der Waals surface area contributed by atoms with Crippen molar-refractivity contribution in [1.29, 1.82) is 0 Å². The molecule has 78 valence electrons. The molecule has 2 aromatic rings. The summed E-state index contributed by atoms with van der Waals surface area (Å²) in [6.07, 6.45) is 5.57. The Morgan fingerprint density at radius 3 is 2.73 bits per heavy atom. The average Bonchev–Trinajstić information content (AvgIpc) is 2.66. The van der Waals surface area contributed by atoms with E-state index in [0.717, 1.165) is 23.6 Å². The van der Waals surface area contributed by atoms with Gasteiger partial charge in [-0.3, -0.25) is 4.98 Å². The molecule has 0 spiro atoms. The fraction of sp³-hybridized carbons (Fsp3) is 0.273. The summed E-state index contributed by atoms with van der Waals surface area (Å²) in [5.74, 6) is 1.000. The first-order valence-electron chi connectivity index (χ1n) is 4.91. The molecule has 4 nitrogen and oxygen atoms in total. The number of nitrogens with two attached hydrogens (primary N) is 1. The van der Waals surface area contributed by atoms with Crippen molar-refractivity contribution in [2.45, 2.75) is 20.0 Å². The van der Waals surface area contributed by atoms with Crippen molar-refractivity contribution in [3.63, 3.8) is 0 Å². The van der Waals surface area contributed by atoms with E-state index in [1.807, 2.05) is 31.5 Å². The molecule has 2 heterocycles. The van der Waals surface area contributed by atoms with Gasteiger partial charge in [0.15, 0.2) is 0 Å². The second-order valence-electron chi connectivity index (χ2n) is 3.46. The summed E-state index contributed by atoms with van der Waals surface area (Å²) >= 11 is 0. The smallest absolute Gasteiger partial charge is 0.105 e. The highest BCUT2D eigenvalue weighted by atomic mass is 15.1. The molecule has 4 heteroatoms. The molecule has 15 heavy (non-hydrogen) atoms. The minimum atomic E-state index is 0.539. The van der Waals surface area contributed by atoms with Gasteiger partial charge >= 0.3 is 0 Å². The van der Waals surface area contributed by atoms with Gasteiger partial charge in [-0.25, -0.2) is 4.98 Å². The van der Waals surface area contributed by atoms with Crippen molar-refractivity contribution in [2.75, 3.05) is 0 Å². The second-order valence-corrected chi connectivity index (χ2v) is 3.46. The first-order valence-corrected chi connectivity index (χ1v) is 4.91. The Morgan fingerprint density at radius 2 is 2.20 bits per heavy atom. The Hall–Kier alpha value is -1.68. The fourth-order valence-corrected chi connectivity index (χ4v) is 1.41. The van der Waals surface area contributed by atoms with Crippen molar-refractivity contribution >= 4 is 0 Å². The Kier molecular flexibility index (Phi) is 2.78.